The number of nitrogens with zero attached hydrogens (tertiary/aromatic N) is 1. The summed E-state index contributed by atoms with van der Waals surface area (Å²) in [6.07, 6.45) is 1.53. The summed E-state index contributed by atoms with van der Waals surface area (Å²) in [6, 6.07) is 8.34. The molecule has 0 aliphatic rings. The van der Waals surface area contributed by atoms with Crippen LogP contribution in [0.2, 0.25) is 10.2 Å². The number of carbonyl (C=O) groups is 1. The second-order valence-corrected chi connectivity index (χ2v) is 5.07. The van der Waals surface area contributed by atoms with Gasteiger partial charge in [-0.25, -0.2) is 4.98 Å². The topological polar surface area (TPSA) is 42.0 Å². The highest BCUT2D eigenvalue weighted by molar-refractivity contribution is 9.10. The number of nitrogens with one attached hydrogen (secondary N) is 1. The van der Waals surface area contributed by atoms with Crippen molar-refractivity contribution in [2.45, 2.75) is 0 Å². The smallest absolute Gasteiger partial charge is 0.258 e. The molecule has 0 aliphatic heterocycles. The molecule has 18 heavy (non-hydrogen) atoms. The van der Waals surface area contributed by atoms with Gasteiger partial charge < -0.3 is 5.32 Å². The van der Waals surface area contributed by atoms with Crippen molar-refractivity contribution >= 4 is 50.7 Å². The zero-order valence-electron chi connectivity index (χ0n) is 8.95. The highest BCUT2D eigenvalue weighted by atomic mass is 79.9. The Morgan fingerprint density at radius 2 is 2.06 bits per heavy atom. The van der Waals surface area contributed by atoms with Crippen LogP contribution in [0, 0.1) is 0 Å². The quantitative estimate of drug-likeness (QED) is 0.819. The van der Waals surface area contributed by atoms with Crippen molar-refractivity contribution < 1.29 is 4.79 Å². The fourth-order valence-corrected chi connectivity index (χ4v) is 2.32. The van der Waals surface area contributed by atoms with Gasteiger partial charge in [0.15, 0.2) is 0 Å². The van der Waals surface area contributed by atoms with E-state index in [-0.39, 0.29) is 11.1 Å². The number of anilines is 1. The number of halogens is 3. The summed E-state index contributed by atoms with van der Waals surface area (Å²) in [5, 5.41) is 3.48. The first-order valence-corrected chi connectivity index (χ1v) is 6.50. The van der Waals surface area contributed by atoms with Gasteiger partial charge >= 0.3 is 0 Å². The van der Waals surface area contributed by atoms with Gasteiger partial charge in [-0.3, -0.25) is 4.79 Å². The molecule has 1 aromatic carbocycles. The first-order valence-electron chi connectivity index (χ1n) is 4.95. The third-order valence-corrected chi connectivity index (χ3v) is 3.38. The lowest BCUT2D eigenvalue weighted by molar-refractivity contribution is 0.102. The molecule has 1 aromatic heterocycles. The molecule has 1 heterocycles. The summed E-state index contributed by atoms with van der Waals surface area (Å²) in [5.74, 6) is -0.323. The fourth-order valence-electron chi connectivity index (χ4n) is 1.34. The SMILES string of the molecule is O=C(Nc1ccc(Cl)cc1Br)c1cccnc1Cl. The Morgan fingerprint density at radius 3 is 2.72 bits per heavy atom. The molecule has 0 radical (unpaired) electrons. The van der Waals surface area contributed by atoms with Crippen molar-refractivity contribution in [3.05, 3.63) is 56.7 Å². The molecule has 6 heteroatoms. The maximum Gasteiger partial charge on any atom is 0.258 e. The van der Waals surface area contributed by atoms with E-state index in [1.54, 1.807) is 30.3 Å². The Balaban J connectivity index is 2.24. The molecule has 0 saturated heterocycles. The lowest BCUT2D eigenvalue weighted by Gasteiger charge is -2.08. The second kappa shape index (κ2) is 5.69. The zero-order valence-corrected chi connectivity index (χ0v) is 12.1. The lowest BCUT2D eigenvalue weighted by atomic mass is 10.2. The van der Waals surface area contributed by atoms with Crippen molar-refractivity contribution in [3.8, 4) is 0 Å². The van der Waals surface area contributed by atoms with Crippen molar-refractivity contribution in [2.75, 3.05) is 5.32 Å². The van der Waals surface area contributed by atoms with Gasteiger partial charge in [0.05, 0.1) is 11.3 Å². The molecule has 0 fully saturated rings. The van der Waals surface area contributed by atoms with Gasteiger partial charge in [0.2, 0.25) is 0 Å². The van der Waals surface area contributed by atoms with Crippen molar-refractivity contribution in [1.82, 2.24) is 4.98 Å². The van der Waals surface area contributed by atoms with Crippen LogP contribution < -0.4 is 5.32 Å². The molecule has 0 bridgehead atoms. The number of benzene rings is 1. The van der Waals surface area contributed by atoms with E-state index >= 15 is 0 Å². The van der Waals surface area contributed by atoms with Crippen LogP contribution >= 0.6 is 39.1 Å². The van der Waals surface area contributed by atoms with Gasteiger partial charge in [-0.2, -0.15) is 0 Å². The standard InChI is InChI=1S/C12H7BrCl2N2O/c13-9-6-7(14)3-4-10(9)17-12(18)8-2-1-5-16-11(8)15/h1-6H,(H,17,18). The van der Waals surface area contributed by atoms with Crippen LogP contribution in [0.3, 0.4) is 0 Å². The zero-order chi connectivity index (χ0) is 13.1. The van der Waals surface area contributed by atoms with Gasteiger partial charge in [-0.05, 0) is 46.3 Å². The van der Waals surface area contributed by atoms with E-state index in [9.17, 15) is 4.79 Å². The summed E-state index contributed by atoms with van der Waals surface area (Å²) in [4.78, 5) is 15.8. The van der Waals surface area contributed by atoms with Crippen LogP contribution in [0.4, 0.5) is 5.69 Å². The van der Waals surface area contributed by atoms with Gasteiger partial charge in [0.25, 0.3) is 5.91 Å². The maximum atomic E-state index is 12.0. The van der Waals surface area contributed by atoms with Crippen LogP contribution in [0.1, 0.15) is 10.4 Å². The average molecular weight is 346 g/mol. The lowest BCUT2D eigenvalue weighted by Crippen LogP contribution is -2.13. The summed E-state index contributed by atoms with van der Waals surface area (Å²) in [6.45, 7) is 0. The van der Waals surface area contributed by atoms with Crippen LogP contribution in [-0.4, -0.2) is 10.9 Å². The Kier molecular flexibility index (Phi) is 4.22. The average Bonchev–Trinajstić information content (AvgIpc) is 2.33. The Hall–Kier alpha value is -1.10. The summed E-state index contributed by atoms with van der Waals surface area (Å²) in [5.41, 5.74) is 0.935. The highest BCUT2D eigenvalue weighted by Gasteiger charge is 2.12. The van der Waals surface area contributed by atoms with E-state index in [0.29, 0.717) is 20.7 Å². The van der Waals surface area contributed by atoms with E-state index < -0.39 is 0 Å². The Bertz CT molecular complexity index is 604. The van der Waals surface area contributed by atoms with Crippen LogP contribution in [0.5, 0.6) is 0 Å². The molecule has 92 valence electrons. The normalized spacial score (nSPS) is 10.2. The van der Waals surface area contributed by atoms with Gasteiger partial charge in [-0.1, -0.05) is 23.2 Å². The van der Waals surface area contributed by atoms with E-state index in [4.69, 9.17) is 23.2 Å². The molecule has 2 rings (SSSR count). The van der Waals surface area contributed by atoms with Crippen molar-refractivity contribution in [2.24, 2.45) is 0 Å². The number of carbonyl (C=O) groups excluding carboxylic acids is 1. The van der Waals surface area contributed by atoms with E-state index in [1.165, 1.54) is 6.20 Å². The monoisotopic (exact) mass is 344 g/mol. The number of rotatable bonds is 2. The molecular formula is C12H7BrCl2N2O. The largest absolute Gasteiger partial charge is 0.321 e. The Morgan fingerprint density at radius 1 is 1.28 bits per heavy atom. The number of amides is 1. The fraction of sp³-hybridized carbons (Fsp3) is 0. The van der Waals surface area contributed by atoms with Crippen LogP contribution in [-0.2, 0) is 0 Å². The number of hydrogen-bond donors (Lipinski definition) is 1. The summed E-state index contributed by atoms with van der Waals surface area (Å²) >= 11 is 15.0. The molecule has 0 atom stereocenters. The molecule has 1 N–H and O–H groups in total. The molecule has 0 aliphatic carbocycles. The minimum atomic E-state index is -0.323. The number of pyridine rings is 1. The predicted octanol–water partition coefficient (Wildman–Crippen LogP) is 4.40. The molecule has 1 amide bonds. The highest BCUT2D eigenvalue weighted by Crippen LogP contribution is 2.26. The maximum absolute atomic E-state index is 12.0. The molecule has 0 saturated carbocycles. The summed E-state index contributed by atoms with van der Waals surface area (Å²) in [7, 11) is 0. The number of hydrogen-bond acceptors (Lipinski definition) is 2. The van der Waals surface area contributed by atoms with Crippen molar-refractivity contribution in [3.63, 3.8) is 0 Å². The van der Waals surface area contributed by atoms with E-state index in [1.807, 2.05) is 0 Å². The first kappa shape index (κ1) is 13.3. The molecule has 2 aromatic rings. The third kappa shape index (κ3) is 3.02. The number of aromatic nitrogens is 1. The molecule has 0 spiro atoms. The van der Waals surface area contributed by atoms with Gasteiger partial charge in [0, 0.05) is 15.7 Å². The van der Waals surface area contributed by atoms with E-state index in [0.717, 1.165) is 0 Å². The van der Waals surface area contributed by atoms with Gasteiger partial charge in [0.1, 0.15) is 5.15 Å². The van der Waals surface area contributed by atoms with Crippen molar-refractivity contribution in [1.29, 1.82) is 0 Å². The van der Waals surface area contributed by atoms with Crippen LogP contribution in [0.25, 0.3) is 0 Å². The minimum absolute atomic E-state index is 0.167. The predicted molar refractivity (Wildman–Crippen MR) is 76.4 cm³/mol. The Labute approximate surface area is 122 Å². The minimum Gasteiger partial charge on any atom is -0.321 e. The molecule has 3 nitrogen and oxygen atoms in total. The second-order valence-electron chi connectivity index (χ2n) is 3.42. The third-order valence-electron chi connectivity index (χ3n) is 2.18. The van der Waals surface area contributed by atoms with Gasteiger partial charge in [-0.15, -0.1) is 0 Å². The summed E-state index contributed by atoms with van der Waals surface area (Å²) < 4.78 is 0.698. The molecule has 0 unspecified atom stereocenters. The first-order chi connectivity index (χ1) is 8.58. The van der Waals surface area contributed by atoms with E-state index in [2.05, 4.69) is 26.2 Å². The molecular weight excluding hydrogens is 339 g/mol. The van der Waals surface area contributed by atoms with Crippen LogP contribution in [0.15, 0.2) is 41.0 Å².